The molecule has 2 aliphatic rings. The van der Waals surface area contributed by atoms with E-state index in [0.717, 1.165) is 41.4 Å². The number of hydrogen-bond donors (Lipinski definition) is 2. The quantitative estimate of drug-likeness (QED) is 0.677. The molecule has 2 N–H and O–H groups in total. The maximum atomic E-state index is 14.6. The summed E-state index contributed by atoms with van der Waals surface area (Å²) in [5.74, 6) is -2.47. The molecule has 7 nitrogen and oxygen atoms in total. The number of nitrogens with one attached hydrogen (secondary N) is 1. The van der Waals surface area contributed by atoms with E-state index in [1.165, 1.54) is 12.1 Å². The van der Waals surface area contributed by atoms with Gasteiger partial charge in [0.15, 0.2) is 0 Å². The second-order valence-corrected chi connectivity index (χ2v) is 10.3. The summed E-state index contributed by atoms with van der Waals surface area (Å²) in [7, 11) is -4.37. The highest BCUT2D eigenvalue weighted by Crippen LogP contribution is 2.41. The summed E-state index contributed by atoms with van der Waals surface area (Å²) in [6.07, 6.45) is 1.54. The Morgan fingerprint density at radius 3 is 2.59 bits per heavy atom. The first-order chi connectivity index (χ1) is 15.1. The average Bonchev–Trinajstić information content (AvgIpc) is 3.59. The maximum absolute atomic E-state index is 14.6. The van der Waals surface area contributed by atoms with Gasteiger partial charge in [-0.05, 0) is 55.2 Å². The third-order valence-electron chi connectivity index (χ3n) is 5.61. The second kappa shape index (κ2) is 8.68. The van der Waals surface area contributed by atoms with Crippen molar-refractivity contribution in [1.82, 2.24) is 4.31 Å². The van der Waals surface area contributed by atoms with Crippen LogP contribution in [0.5, 0.6) is 0 Å². The molecule has 11 heteroatoms. The highest BCUT2D eigenvalue weighted by molar-refractivity contribution is 7.89. The summed E-state index contributed by atoms with van der Waals surface area (Å²) in [4.78, 5) is 11.9. The number of aliphatic hydroxyl groups is 1. The van der Waals surface area contributed by atoms with Crippen LogP contribution in [-0.2, 0) is 14.8 Å². The zero-order chi connectivity index (χ0) is 23.1. The molecule has 1 aliphatic heterocycles. The van der Waals surface area contributed by atoms with Crippen molar-refractivity contribution in [2.75, 3.05) is 31.6 Å². The van der Waals surface area contributed by atoms with Gasteiger partial charge in [-0.1, -0.05) is 11.6 Å². The van der Waals surface area contributed by atoms with Crippen molar-refractivity contribution in [1.29, 1.82) is 0 Å². The Kier molecular flexibility index (Phi) is 6.25. The van der Waals surface area contributed by atoms with Crippen LogP contribution in [0.25, 0.3) is 0 Å². The molecule has 1 amide bonds. The summed E-state index contributed by atoms with van der Waals surface area (Å²) in [6.45, 7) is -0.207. The van der Waals surface area contributed by atoms with Crippen LogP contribution >= 0.6 is 11.6 Å². The first-order valence-corrected chi connectivity index (χ1v) is 11.8. The fourth-order valence-electron chi connectivity index (χ4n) is 3.68. The van der Waals surface area contributed by atoms with Crippen molar-refractivity contribution < 1.29 is 31.8 Å². The van der Waals surface area contributed by atoms with Crippen molar-refractivity contribution in [3.05, 3.63) is 58.6 Å². The lowest BCUT2D eigenvalue weighted by molar-refractivity contribution is -0.0478. The smallest absolute Gasteiger partial charge is 0.255 e. The second-order valence-electron chi connectivity index (χ2n) is 8.00. The minimum Gasteiger partial charge on any atom is -0.386 e. The van der Waals surface area contributed by atoms with Crippen molar-refractivity contribution >= 4 is 33.2 Å². The van der Waals surface area contributed by atoms with Crippen LogP contribution in [0, 0.1) is 17.6 Å². The van der Waals surface area contributed by atoms with E-state index in [4.69, 9.17) is 16.3 Å². The number of nitrogens with zero attached hydrogens (tertiary/aromatic N) is 1. The fourth-order valence-corrected chi connectivity index (χ4v) is 5.43. The highest BCUT2D eigenvalue weighted by atomic mass is 35.5. The molecule has 0 radical (unpaired) electrons. The Hall–Kier alpha value is -2.11. The van der Waals surface area contributed by atoms with E-state index >= 15 is 0 Å². The monoisotopic (exact) mass is 486 g/mol. The van der Waals surface area contributed by atoms with Gasteiger partial charge in [-0.3, -0.25) is 4.79 Å². The van der Waals surface area contributed by atoms with Crippen molar-refractivity contribution in [3.63, 3.8) is 0 Å². The van der Waals surface area contributed by atoms with Crippen LogP contribution in [0.2, 0.25) is 5.02 Å². The fraction of sp³-hybridized carbons (Fsp3) is 0.381. The Balaban J connectivity index is 1.60. The van der Waals surface area contributed by atoms with Gasteiger partial charge >= 0.3 is 0 Å². The molecule has 1 saturated heterocycles. The highest BCUT2D eigenvalue weighted by Gasteiger charge is 2.48. The van der Waals surface area contributed by atoms with Crippen LogP contribution in [0.4, 0.5) is 14.5 Å². The van der Waals surface area contributed by atoms with Gasteiger partial charge in [0, 0.05) is 24.3 Å². The number of amides is 1. The van der Waals surface area contributed by atoms with Gasteiger partial charge in [-0.25, -0.2) is 17.2 Å². The van der Waals surface area contributed by atoms with Gasteiger partial charge in [0.05, 0.1) is 18.2 Å². The third-order valence-corrected chi connectivity index (χ3v) is 7.76. The molecule has 1 saturated carbocycles. The summed E-state index contributed by atoms with van der Waals surface area (Å²) in [6, 6.07) is 6.53. The Morgan fingerprint density at radius 2 is 1.91 bits per heavy atom. The number of carbonyl (C=O) groups is 1. The lowest BCUT2D eigenvalue weighted by Gasteiger charge is -2.30. The molecule has 0 aromatic heterocycles. The van der Waals surface area contributed by atoms with Crippen molar-refractivity contribution in [2.24, 2.45) is 5.92 Å². The van der Waals surface area contributed by atoms with E-state index in [2.05, 4.69) is 5.32 Å². The molecule has 172 valence electrons. The van der Waals surface area contributed by atoms with Gasteiger partial charge in [-0.2, -0.15) is 4.31 Å². The molecule has 32 heavy (non-hydrogen) atoms. The number of ether oxygens (including phenoxy) is 1. The number of benzene rings is 2. The number of hydrogen-bond acceptors (Lipinski definition) is 5. The molecular formula is C21H21ClF2N2O5S. The Morgan fingerprint density at radius 1 is 1.19 bits per heavy atom. The lowest BCUT2D eigenvalue weighted by Crippen LogP contribution is -2.48. The predicted octanol–water partition coefficient (Wildman–Crippen LogP) is 3.03. The standard InChI is InChI=1S/C21H21ClF2N2O5S/c22-16-10-15(4-6-17(16)23)25-20(27)13-1-5-18(24)19(9-13)32(29,30)26-7-8-31-12-21(28,11-26)14-2-3-14/h1,4-6,9-10,14,28H,2-3,7-8,11-12H2,(H,25,27). The number of rotatable bonds is 5. The summed E-state index contributed by atoms with van der Waals surface area (Å²) in [5.41, 5.74) is -1.26. The van der Waals surface area contributed by atoms with E-state index < -0.39 is 38.1 Å². The normalized spacial score (nSPS) is 22.4. The van der Waals surface area contributed by atoms with Crippen LogP contribution < -0.4 is 5.32 Å². The molecule has 0 bridgehead atoms. The van der Waals surface area contributed by atoms with E-state index in [-0.39, 0.29) is 48.5 Å². The van der Waals surface area contributed by atoms with Gasteiger partial charge in [0.2, 0.25) is 10.0 Å². The number of β-amino-alcohol motifs (C(OH)–C–C–N with tert-alkyl or cyclic N) is 1. The number of sulfonamides is 1. The summed E-state index contributed by atoms with van der Waals surface area (Å²) < 4.78 is 60.8. The lowest BCUT2D eigenvalue weighted by atomic mass is 9.99. The van der Waals surface area contributed by atoms with Gasteiger partial charge in [-0.15, -0.1) is 0 Å². The van der Waals surface area contributed by atoms with E-state index in [0.29, 0.717) is 0 Å². The first-order valence-electron chi connectivity index (χ1n) is 9.96. The number of halogens is 3. The summed E-state index contributed by atoms with van der Waals surface area (Å²) >= 11 is 5.71. The zero-order valence-corrected chi connectivity index (χ0v) is 18.4. The molecular weight excluding hydrogens is 466 g/mol. The third kappa shape index (κ3) is 4.65. The molecule has 1 atom stereocenters. The van der Waals surface area contributed by atoms with Crippen LogP contribution in [0.3, 0.4) is 0 Å². The molecule has 0 spiro atoms. The average molecular weight is 487 g/mol. The minimum absolute atomic E-state index is 0.00877. The van der Waals surface area contributed by atoms with E-state index in [9.17, 15) is 27.1 Å². The SMILES string of the molecule is O=C(Nc1ccc(F)c(Cl)c1)c1ccc(F)c(S(=O)(=O)N2CCOCC(O)(C3CC3)C2)c1. The molecule has 1 unspecified atom stereocenters. The van der Waals surface area contributed by atoms with Crippen LogP contribution in [-0.4, -0.2) is 55.6 Å². The number of carbonyl (C=O) groups excluding carboxylic acids is 1. The Labute approximate surface area is 189 Å². The molecule has 1 heterocycles. The minimum atomic E-state index is -4.37. The summed E-state index contributed by atoms with van der Waals surface area (Å²) in [5, 5.41) is 13.1. The van der Waals surface area contributed by atoms with Gasteiger partial charge < -0.3 is 15.2 Å². The van der Waals surface area contributed by atoms with Crippen LogP contribution in [0.1, 0.15) is 23.2 Å². The maximum Gasteiger partial charge on any atom is 0.255 e. The zero-order valence-electron chi connectivity index (χ0n) is 16.9. The van der Waals surface area contributed by atoms with Crippen molar-refractivity contribution in [2.45, 2.75) is 23.3 Å². The largest absolute Gasteiger partial charge is 0.386 e. The van der Waals surface area contributed by atoms with Crippen molar-refractivity contribution in [3.8, 4) is 0 Å². The van der Waals surface area contributed by atoms with E-state index in [1.807, 2.05) is 0 Å². The predicted molar refractivity (Wildman–Crippen MR) is 113 cm³/mol. The topological polar surface area (TPSA) is 95.9 Å². The first kappa shape index (κ1) is 23.1. The van der Waals surface area contributed by atoms with E-state index in [1.54, 1.807) is 0 Å². The molecule has 4 rings (SSSR count). The molecule has 1 aliphatic carbocycles. The molecule has 2 aromatic rings. The Bertz CT molecular complexity index is 1160. The molecule has 2 aromatic carbocycles. The van der Waals surface area contributed by atoms with Gasteiger partial charge in [0.25, 0.3) is 5.91 Å². The van der Waals surface area contributed by atoms with Crippen LogP contribution in [0.15, 0.2) is 41.3 Å². The molecule has 2 fully saturated rings. The van der Waals surface area contributed by atoms with Gasteiger partial charge in [0.1, 0.15) is 22.1 Å². The number of anilines is 1.